The molecule has 0 unspecified atom stereocenters. The molecule has 2 heterocycles. The van der Waals surface area contributed by atoms with E-state index in [1.165, 1.54) is 11.3 Å². The number of aromatic nitrogens is 1. The van der Waals surface area contributed by atoms with Crippen molar-refractivity contribution in [1.29, 1.82) is 0 Å². The van der Waals surface area contributed by atoms with Crippen LogP contribution in [0.2, 0.25) is 8.67 Å². The van der Waals surface area contributed by atoms with Crippen LogP contribution in [0.1, 0.15) is 0 Å². The number of nitrogen functional groups attached to an aromatic ring is 1. The molecule has 3 rings (SSSR count). The van der Waals surface area contributed by atoms with Gasteiger partial charge in [-0.15, -0.1) is 22.7 Å². The van der Waals surface area contributed by atoms with Crippen LogP contribution in [0.25, 0.3) is 21.8 Å². The quantitative estimate of drug-likeness (QED) is 0.638. The maximum Gasteiger partial charge on any atom is 0.124 e. The number of nitrogens with zero attached hydrogens (tertiary/aromatic N) is 1. The normalized spacial score (nSPS) is 10.8. The second-order valence-corrected chi connectivity index (χ2v) is 7.04. The third-order valence-corrected chi connectivity index (χ3v) is 4.95. The van der Waals surface area contributed by atoms with Crippen molar-refractivity contribution in [2.24, 2.45) is 0 Å². The first-order valence-corrected chi connectivity index (χ1v) is 7.85. The maximum atomic E-state index is 6.14. The van der Waals surface area contributed by atoms with Crippen molar-refractivity contribution < 1.29 is 0 Å². The number of thiazole rings is 1. The lowest BCUT2D eigenvalue weighted by Gasteiger charge is -1.97. The van der Waals surface area contributed by atoms with Gasteiger partial charge in [-0.25, -0.2) is 4.98 Å². The Morgan fingerprint density at radius 3 is 2.68 bits per heavy atom. The summed E-state index contributed by atoms with van der Waals surface area (Å²) >= 11 is 15.0. The van der Waals surface area contributed by atoms with Crippen molar-refractivity contribution in [3.8, 4) is 21.8 Å². The average Bonchev–Trinajstić information content (AvgIpc) is 2.96. The summed E-state index contributed by atoms with van der Waals surface area (Å²) in [5, 5.41) is 2.89. The molecule has 6 heteroatoms. The first-order valence-electron chi connectivity index (χ1n) is 5.40. The minimum Gasteiger partial charge on any atom is -0.399 e. The molecule has 2 nitrogen and oxygen atoms in total. The molecule has 0 bridgehead atoms. The highest BCUT2D eigenvalue weighted by Gasteiger charge is 2.12. The molecule has 0 atom stereocenters. The van der Waals surface area contributed by atoms with E-state index in [-0.39, 0.29) is 0 Å². The Hall–Kier alpha value is -1.07. The highest BCUT2D eigenvalue weighted by atomic mass is 35.5. The van der Waals surface area contributed by atoms with E-state index in [1.807, 2.05) is 35.7 Å². The van der Waals surface area contributed by atoms with E-state index in [9.17, 15) is 0 Å². The van der Waals surface area contributed by atoms with Gasteiger partial charge in [0, 0.05) is 22.2 Å². The number of nitrogens with two attached hydrogens (primary N) is 1. The van der Waals surface area contributed by atoms with Gasteiger partial charge in [0.05, 0.1) is 10.0 Å². The van der Waals surface area contributed by atoms with Crippen molar-refractivity contribution in [3.05, 3.63) is 44.4 Å². The highest BCUT2D eigenvalue weighted by molar-refractivity contribution is 7.20. The topological polar surface area (TPSA) is 38.9 Å². The Kier molecular flexibility index (Phi) is 3.50. The van der Waals surface area contributed by atoms with Gasteiger partial charge >= 0.3 is 0 Å². The minimum absolute atomic E-state index is 0.662. The van der Waals surface area contributed by atoms with Crippen LogP contribution in [0.15, 0.2) is 35.7 Å². The van der Waals surface area contributed by atoms with Crippen molar-refractivity contribution in [2.75, 3.05) is 5.73 Å². The van der Waals surface area contributed by atoms with Crippen molar-refractivity contribution in [1.82, 2.24) is 4.98 Å². The van der Waals surface area contributed by atoms with E-state index >= 15 is 0 Å². The van der Waals surface area contributed by atoms with Gasteiger partial charge in [-0.1, -0.05) is 35.3 Å². The average molecular weight is 327 g/mol. The predicted molar refractivity (Wildman–Crippen MR) is 85.3 cm³/mol. The molecule has 0 aliphatic heterocycles. The summed E-state index contributed by atoms with van der Waals surface area (Å²) < 4.78 is 1.33. The van der Waals surface area contributed by atoms with Gasteiger partial charge in [0.1, 0.15) is 9.34 Å². The number of thiophene rings is 1. The van der Waals surface area contributed by atoms with Crippen LogP contribution < -0.4 is 5.73 Å². The van der Waals surface area contributed by atoms with Crippen molar-refractivity contribution >= 4 is 51.6 Å². The lowest BCUT2D eigenvalue weighted by atomic mass is 10.2. The summed E-state index contributed by atoms with van der Waals surface area (Å²) in [5.74, 6) is 0. The fourth-order valence-electron chi connectivity index (χ4n) is 1.72. The molecule has 19 heavy (non-hydrogen) atoms. The van der Waals surface area contributed by atoms with Crippen LogP contribution in [0.5, 0.6) is 0 Å². The Labute approximate surface area is 128 Å². The predicted octanol–water partition coefficient (Wildman–Crippen LogP) is 5.43. The van der Waals surface area contributed by atoms with Crippen molar-refractivity contribution in [2.45, 2.75) is 0 Å². The number of benzene rings is 1. The molecule has 0 aliphatic rings. The molecule has 2 N–H and O–H groups in total. The number of hydrogen-bond donors (Lipinski definition) is 1. The Morgan fingerprint density at radius 1 is 1.16 bits per heavy atom. The molecular weight excluding hydrogens is 319 g/mol. The molecule has 0 amide bonds. The molecule has 0 aliphatic carbocycles. The highest BCUT2D eigenvalue weighted by Crippen LogP contribution is 2.39. The Bertz CT molecular complexity index is 734. The van der Waals surface area contributed by atoms with Gasteiger partial charge in [-0.05, 0) is 18.2 Å². The zero-order valence-electron chi connectivity index (χ0n) is 9.56. The second-order valence-electron chi connectivity index (χ2n) is 3.90. The van der Waals surface area contributed by atoms with Gasteiger partial charge in [0.2, 0.25) is 0 Å². The summed E-state index contributed by atoms with van der Waals surface area (Å²) in [6, 6.07) is 9.51. The van der Waals surface area contributed by atoms with Gasteiger partial charge in [-0.3, -0.25) is 0 Å². The monoisotopic (exact) mass is 326 g/mol. The third-order valence-electron chi connectivity index (χ3n) is 2.57. The molecule has 96 valence electrons. The Balaban J connectivity index is 2.02. The number of rotatable bonds is 2. The molecule has 0 fully saturated rings. The zero-order valence-corrected chi connectivity index (χ0v) is 12.7. The van der Waals surface area contributed by atoms with Crippen LogP contribution in [-0.2, 0) is 0 Å². The first-order chi connectivity index (χ1) is 9.13. The largest absolute Gasteiger partial charge is 0.399 e. The summed E-state index contributed by atoms with van der Waals surface area (Å²) in [4.78, 5) is 4.59. The summed E-state index contributed by atoms with van der Waals surface area (Å²) in [6.45, 7) is 0. The van der Waals surface area contributed by atoms with Gasteiger partial charge in [0.15, 0.2) is 0 Å². The molecular formula is C13H8Cl2N2S2. The van der Waals surface area contributed by atoms with E-state index in [0.717, 1.165) is 27.5 Å². The van der Waals surface area contributed by atoms with Crippen molar-refractivity contribution in [3.63, 3.8) is 0 Å². The summed E-state index contributed by atoms with van der Waals surface area (Å²) in [6.07, 6.45) is 0. The fraction of sp³-hybridized carbons (Fsp3) is 0. The number of hydrogen-bond acceptors (Lipinski definition) is 4. The smallest absolute Gasteiger partial charge is 0.124 e. The standard InChI is InChI=1S/C13H8Cl2N2S2/c14-11-5-9(12(15)19-11)10-6-18-13(17-10)7-2-1-3-8(16)4-7/h1-6H,16H2. The van der Waals surface area contributed by atoms with Crippen LogP contribution in [0.3, 0.4) is 0 Å². The fourth-order valence-corrected chi connectivity index (χ4v) is 4.01. The van der Waals surface area contributed by atoms with Crippen LogP contribution in [0.4, 0.5) is 5.69 Å². The van der Waals surface area contributed by atoms with Crippen LogP contribution >= 0.6 is 45.9 Å². The van der Waals surface area contributed by atoms with Gasteiger partial charge in [-0.2, -0.15) is 0 Å². The molecule has 0 saturated carbocycles. The second kappa shape index (κ2) is 5.13. The molecule has 0 saturated heterocycles. The van der Waals surface area contributed by atoms with E-state index in [0.29, 0.717) is 8.67 Å². The molecule has 0 radical (unpaired) electrons. The van der Waals surface area contributed by atoms with E-state index in [4.69, 9.17) is 28.9 Å². The maximum absolute atomic E-state index is 6.14. The van der Waals surface area contributed by atoms with Gasteiger partial charge in [0.25, 0.3) is 0 Å². The molecule has 0 spiro atoms. The lowest BCUT2D eigenvalue weighted by molar-refractivity contribution is 1.41. The molecule has 3 aromatic rings. The number of halogens is 2. The lowest BCUT2D eigenvalue weighted by Crippen LogP contribution is -1.84. The minimum atomic E-state index is 0.662. The van der Waals surface area contributed by atoms with E-state index in [2.05, 4.69) is 4.98 Å². The summed E-state index contributed by atoms with van der Waals surface area (Å²) in [5.41, 5.74) is 9.24. The van der Waals surface area contributed by atoms with E-state index < -0.39 is 0 Å². The first kappa shape index (κ1) is 12.9. The summed E-state index contributed by atoms with van der Waals surface area (Å²) in [7, 11) is 0. The SMILES string of the molecule is Nc1cccc(-c2nc(-c3cc(Cl)sc3Cl)cs2)c1. The molecule has 1 aromatic carbocycles. The third kappa shape index (κ3) is 2.62. The van der Waals surface area contributed by atoms with Crippen LogP contribution in [0, 0.1) is 0 Å². The number of anilines is 1. The zero-order chi connectivity index (χ0) is 13.4. The Morgan fingerprint density at radius 2 is 2.00 bits per heavy atom. The molecule has 2 aromatic heterocycles. The van der Waals surface area contributed by atoms with E-state index in [1.54, 1.807) is 11.3 Å². The van der Waals surface area contributed by atoms with Gasteiger partial charge < -0.3 is 5.73 Å². The van der Waals surface area contributed by atoms with Crippen LogP contribution in [-0.4, -0.2) is 4.98 Å².